The van der Waals surface area contributed by atoms with Gasteiger partial charge < -0.3 is 0 Å². The van der Waals surface area contributed by atoms with Gasteiger partial charge in [0.05, 0.1) is 12.3 Å². The van der Waals surface area contributed by atoms with Crippen LogP contribution in [0.5, 0.6) is 0 Å². The molecule has 0 spiro atoms. The Morgan fingerprint density at radius 2 is 1.67 bits per heavy atom. The Kier molecular flexibility index (Phi) is 6.84. The minimum Gasteiger partial charge on any atom is -0.300 e. The fourth-order valence-corrected chi connectivity index (χ4v) is 1.34. The van der Waals surface area contributed by atoms with Crippen molar-refractivity contribution in [1.29, 1.82) is 0 Å². The first-order valence-corrected chi connectivity index (χ1v) is 5.53. The Morgan fingerprint density at radius 3 is 2.13 bits per heavy atom. The molecule has 1 atom stereocenters. The highest BCUT2D eigenvalue weighted by molar-refractivity contribution is 6.08. The van der Waals surface area contributed by atoms with Gasteiger partial charge in [0.25, 0.3) is 0 Å². The minimum atomic E-state index is -0.606. The maximum absolute atomic E-state index is 11.5. The molecule has 86 valence electrons. The summed E-state index contributed by atoms with van der Waals surface area (Å²) in [5.41, 5.74) is 0. The van der Waals surface area contributed by atoms with Crippen LogP contribution < -0.4 is 0 Å². The zero-order valence-electron chi connectivity index (χ0n) is 9.84. The third-order valence-electron chi connectivity index (χ3n) is 2.42. The van der Waals surface area contributed by atoms with Gasteiger partial charge in [-0.15, -0.1) is 0 Å². The molecule has 0 aromatic heterocycles. The summed E-state index contributed by atoms with van der Waals surface area (Å²) in [5, 5.41) is 0. The van der Waals surface area contributed by atoms with Gasteiger partial charge in [0.2, 0.25) is 0 Å². The van der Waals surface area contributed by atoms with Crippen LogP contribution in [-0.4, -0.2) is 17.3 Å². The maximum Gasteiger partial charge on any atom is 0.150 e. The van der Waals surface area contributed by atoms with E-state index < -0.39 is 5.92 Å². The van der Waals surface area contributed by atoms with Gasteiger partial charge in [0.15, 0.2) is 0 Å². The Labute approximate surface area is 91.2 Å². The van der Waals surface area contributed by atoms with E-state index in [9.17, 15) is 14.4 Å². The van der Waals surface area contributed by atoms with Crippen molar-refractivity contribution < 1.29 is 14.4 Å². The molecule has 0 aliphatic heterocycles. The van der Waals surface area contributed by atoms with Crippen molar-refractivity contribution in [2.24, 2.45) is 5.92 Å². The lowest BCUT2D eigenvalue weighted by atomic mass is 9.94. The van der Waals surface area contributed by atoms with Crippen LogP contribution in [-0.2, 0) is 14.4 Å². The topological polar surface area (TPSA) is 51.2 Å². The highest BCUT2D eigenvalue weighted by atomic mass is 16.2. The van der Waals surface area contributed by atoms with Crippen molar-refractivity contribution >= 4 is 17.3 Å². The molecule has 0 fully saturated rings. The minimum absolute atomic E-state index is 0.0327. The van der Waals surface area contributed by atoms with E-state index in [1.165, 1.54) is 6.92 Å². The molecule has 0 aromatic rings. The molecule has 0 aliphatic carbocycles. The third-order valence-corrected chi connectivity index (χ3v) is 2.42. The molecule has 0 rings (SSSR count). The molecule has 0 N–H and O–H groups in total. The summed E-state index contributed by atoms with van der Waals surface area (Å²) in [6.07, 6.45) is 3.26. The van der Waals surface area contributed by atoms with Crippen LogP contribution >= 0.6 is 0 Å². The van der Waals surface area contributed by atoms with E-state index in [0.717, 1.165) is 19.3 Å². The van der Waals surface area contributed by atoms with E-state index in [2.05, 4.69) is 6.92 Å². The van der Waals surface area contributed by atoms with Crippen molar-refractivity contribution in [1.82, 2.24) is 0 Å². The second-order valence-electron chi connectivity index (χ2n) is 3.99. The number of carbonyl (C=O) groups is 3. The van der Waals surface area contributed by atoms with Crippen molar-refractivity contribution in [2.75, 3.05) is 0 Å². The van der Waals surface area contributed by atoms with Gasteiger partial charge >= 0.3 is 0 Å². The van der Waals surface area contributed by atoms with Crippen LogP contribution in [0.3, 0.4) is 0 Å². The lowest BCUT2D eigenvalue weighted by Crippen LogP contribution is -2.22. The number of ketones is 3. The van der Waals surface area contributed by atoms with E-state index in [4.69, 9.17) is 0 Å². The first-order chi connectivity index (χ1) is 6.99. The molecule has 0 radical (unpaired) electrons. The average molecular weight is 212 g/mol. The molecular weight excluding hydrogens is 192 g/mol. The summed E-state index contributed by atoms with van der Waals surface area (Å²) < 4.78 is 0. The predicted molar refractivity (Wildman–Crippen MR) is 58.6 cm³/mol. The Morgan fingerprint density at radius 1 is 1.07 bits per heavy atom. The van der Waals surface area contributed by atoms with Gasteiger partial charge in [-0.05, 0) is 20.3 Å². The van der Waals surface area contributed by atoms with E-state index in [0.29, 0.717) is 6.42 Å². The van der Waals surface area contributed by atoms with Crippen molar-refractivity contribution in [2.45, 2.75) is 52.9 Å². The second-order valence-corrected chi connectivity index (χ2v) is 3.99. The monoisotopic (exact) mass is 212 g/mol. The first kappa shape index (κ1) is 14.0. The van der Waals surface area contributed by atoms with E-state index in [1.807, 2.05) is 0 Å². The Bertz CT molecular complexity index is 243. The molecular formula is C12H20O3. The summed E-state index contributed by atoms with van der Waals surface area (Å²) >= 11 is 0. The quantitative estimate of drug-likeness (QED) is 0.458. The SMILES string of the molecule is CCCCCC(=O)C(C)C(=O)CC(C)=O. The summed E-state index contributed by atoms with van der Waals surface area (Å²) in [6, 6.07) is 0. The summed E-state index contributed by atoms with van der Waals surface area (Å²) in [5.74, 6) is -1.06. The molecule has 0 aliphatic rings. The van der Waals surface area contributed by atoms with Crippen LogP contribution in [0.2, 0.25) is 0 Å². The molecule has 0 saturated heterocycles. The molecule has 0 bridgehead atoms. The highest BCUT2D eigenvalue weighted by Gasteiger charge is 2.21. The molecule has 0 saturated carbocycles. The Hall–Kier alpha value is -0.990. The predicted octanol–water partition coefficient (Wildman–Crippen LogP) is 2.32. The van der Waals surface area contributed by atoms with Gasteiger partial charge in [-0.2, -0.15) is 0 Å². The summed E-state index contributed by atoms with van der Waals surface area (Å²) in [7, 11) is 0. The Balaban J connectivity index is 3.96. The fourth-order valence-electron chi connectivity index (χ4n) is 1.34. The van der Waals surface area contributed by atoms with Gasteiger partial charge in [-0.3, -0.25) is 14.4 Å². The maximum atomic E-state index is 11.5. The lowest BCUT2D eigenvalue weighted by molar-refractivity contribution is -0.133. The molecule has 0 amide bonds. The zero-order chi connectivity index (χ0) is 11.8. The fraction of sp³-hybridized carbons (Fsp3) is 0.750. The second kappa shape index (κ2) is 7.32. The lowest BCUT2D eigenvalue weighted by Gasteiger charge is -2.07. The van der Waals surface area contributed by atoms with Gasteiger partial charge in [-0.1, -0.05) is 19.8 Å². The number of rotatable bonds is 8. The van der Waals surface area contributed by atoms with E-state index in [1.54, 1.807) is 6.92 Å². The molecule has 15 heavy (non-hydrogen) atoms. The molecule has 0 aromatic carbocycles. The summed E-state index contributed by atoms with van der Waals surface area (Å²) in [6.45, 7) is 5.03. The third kappa shape index (κ3) is 6.15. The molecule has 0 heterocycles. The summed E-state index contributed by atoms with van der Waals surface area (Å²) in [4.78, 5) is 33.6. The smallest absolute Gasteiger partial charge is 0.150 e. The van der Waals surface area contributed by atoms with Crippen LogP contribution in [0.4, 0.5) is 0 Å². The standard InChI is InChI=1S/C12H20O3/c1-4-5-6-7-11(14)10(3)12(15)8-9(2)13/h10H,4-8H2,1-3H3. The van der Waals surface area contributed by atoms with Gasteiger partial charge in [0, 0.05) is 6.42 Å². The number of hydrogen-bond acceptors (Lipinski definition) is 3. The normalized spacial score (nSPS) is 12.2. The van der Waals surface area contributed by atoms with Crippen molar-refractivity contribution in [3.05, 3.63) is 0 Å². The molecule has 3 nitrogen and oxygen atoms in total. The van der Waals surface area contributed by atoms with Crippen LogP contribution in [0.25, 0.3) is 0 Å². The van der Waals surface area contributed by atoms with Crippen molar-refractivity contribution in [3.63, 3.8) is 0 Å². The van der Waals surface area contributed by atoms with Gasteiger partial charge in [0.1, 0.15) is 17.3 Å². The van der Waals surface area contributed by atoms with Crippen LogP contribution in [0.15, 0.2) is 0 Å². The average Bonchev–Trinajstić information content (AvgIpc) is 2.15. The van der Waals surface area contributed by atoms with Crippen LogP contribution in [0.1, 0.15) is 52.9 Å². The number of unbranched alkanes of at least 4 members (excludes halogenated alkanes) is 2. The van der Waals surface area contributed by atoms with E-state index in [-0.39, 0.29) is 23.8 Å². The number of carbonyl (C=O) groups excluding carboxylic acids is 3. The zero-order valence-corrected chi connectivity index (χ0v) is 9.84. The number of hydrogen-bond donors (Lipinski definition) is 0. The van der Waals surface area contributed by atoms with Crippen molar-refractivity contribution in [3.8, 4) is 0 Å². The van der Waals surface area contributed by atoms with E-state index >= 15 is 0 Å². The largest absolute Gasteiger partial charge is 0.300 e. The number of Topliss-reactive ketones (excluding diaryl/α,β-unsaturated/α-hetero) is 3. The van der Waals surface area contributed by atoms with Gasteiger partial charge in [-0.25, -0.2) is 0 Å². The molecule has 3 heteroatoms. The highest BCUT2D eigenvalue weighted by Crippen LogP contribution is 2.09. The van der Waals surface area contributed by atoms with Crippen LogP contribution in [0, 0.1) is 5.92 Å². The first-order valence-electron chi connectivity index (χ1n) is 5.53. The molecule has 1 unspecified atom stereocenters.